The van der Waals surface area contributed by atoms with Gasteiger partial charge in [-0.25, -0.2) is 0 Å². The van der Waals surface area contributed by atoms with Crippen LogP contribution in [-0.2, 0) is 9.59 Å². The summed E-state index contributed by atoms with van der Waals surface area (Å²) in [5, 5.41) is 13.6. The van der Waals surface area contributed by atoms with Gasteiger partial charge in [0, 0.05) is 23.2 Å². The molecule has 0 atom stereocenters. The predicted molar refractivity (Wildman–Crippen MR) is 121 cm³/mol. The highest BCUT2D eigenvalue weighted by Crippen LogP contribution is 2.25. The Hall–Kier alpha value is -3.50. The monoisotopic (exact) mass is 462 g/mol. The van der Waals surface area contributed by atoms with E-state index < -0.39 is 16.7 Å². The second kappa shape index (κ2) is 11.0. The maximum absolute atomic E-state index is 11.9. The topological polar surface area (TPSA) is 123 Å². The van der Waals surface area contributed by atoms with Crippen LogP contribution in [0.3, 0.4) is 0 Å². The van der Waals surface area contributed by atoms with Crippen LogP contribution in [0, 0.1) is 24.0 Å². The lowest BCUT2D eigenvalue weighted by Crippen LogP contribution is -2.49. The second-order valence-corrected chi connectivity index (χ2v) is 7.12. The van der Waals surface area contributed by atoms with E-state index in [9.17, 15) is 19.7 Å². The molecule has 0 saturated heterocycles. The minimum absolute atomic E-state index is 0.0893. The number of thiocarbonyl (C=S) groups is 1. The van der Waals surface area contributed by atoms with Crippen LogP contribution >= 0.6 is 23.8 Å². The molecule has 0 aliphatic carbocycles. The van der Waals surface area contributed by atoms with Crippen molar-refractivity contribution in [1.29, 1.82) is 0 Å². The molecule has 2 aromatic rings. The molecule has 0 saturated carbocycles. The minimum Gasteiger partial charge on any atom is -0.484 e. The Morgan fingerprint density at radius 2 is 1.87 bits per heavy atom. The highest BCUT2D eigenvalue weighted by atomic mass is 35.5. The average molecular weight is 463 g/mol. The number of hydrogen-bond acceptors (Lipinski definition) is 6. The van der Waals surface area contributed by atoms with Gasteiger partial charge in [0.15, 0.2) is 11.7 Å². The SMILES string of the molecule is Cc1cc(OCC(=O)NNC(=S)NC(=O)/C=C/c2cccc([N+](=O)[O-])c2)cc(C)c1Cl. The number of nitro benzene ring substituents is 1. The molecular weight excluding hydrogens is 444 g/mol. The summed E-state index contributed by atoms with van der Waals surface area (Å²) >= 11 is 11.0. The van der Waals surface area contributed by atoms with Crippen molar-refractivity contribution in [1.82, 2.24) is 16.2 Å². The summed E-state index contributed by atoms with van der Waals surface area (Å²) in [6.45, 7) is 3.38. The van der Waals surface area contributed by atoms with E-state index in [1.807, 2.05) is 13.8 Å². The number of hydrazine groups is 1. The first kappa shape index (κ1) is 23.8. The van der Waals surface area contributed by atoms with Crippen LogP contribution in [0.1, 0.15) is 16.7 Å². The van der Waals surface area contributed by atoms with Crippen molar-refractivity contribution in [2.24, 2.45) is 0 Å². The minimum atomic E-state index is -0.582. The van der Waals surface area contributed by atoms with Crippen molar-refractivity contribution in [2.75, 3.05) is 6.61 Å². The zero-order valence-electron chi connectivity index (χ0n) is 16.6. The number of nitro groups is 1. The molecule has 3 N–H and O–H groups in total. The number of aryl methyl sites for hydroxylation is 2. The number of carbonyl (C=O) groups excluding carboxylic acids is 2. The third-order valence-corrected chi connectivity index (χ3v) is 4.64. The Morgan fingerprint density at radius 3 is 2.52 bits per heavy atom. The zero-order chi connectivity index (χ0) is 23.0. The van der Waals surface area contributed by atoms with Gasteiger partial charge < -0.3 is 4.74 Å². The van der Waals surface area contributed by atoms with Gasteiger partial charge in [0.1, 0.15) is 5.75 Å². The largest absolute Gasteiger partial charge is 0.484 e. The lowest BCUT2D eigenvalue weighted by atomic mass is 10.1. The van der Waals surface area contributed by atoms with Gasteiger partial charge in [0.2, 0.25) is 5.91 Å². The van der Waals surface area contributed by atoms with Crippen LogP contribution in [-0.4, -0.2) is 28.5 Å². The molecule has 31 heavy (non-hydrogen) atoms. The molecule has 0 heterocycles. The fourth-order valence-corrected chi connectivity index (χ4v) is 2.66. The maximum Gasteiger partial charge on any atom is 0.276 e. The lowest BCUT2D eigenvalue weighted by Gasteiger charge is -2.12. The van der Waals surface area contributed by atoms with Crippen molar-refractivity contribution in [3.8, 4) is 5.75 Å². The van der Waals surface area contributed by atoms with Gasteiger partial charge in [-0.3, -0.25) is 35.9 Å². The number of nitrogens with zero attached hydrogens (tertiary/aromatic N) is 1. The normalized spacial score (nSPS) is 10.4. The molecule has 0 radical (unpaired) electrons. The van der Waals surface area contributed by atoms with Crippen molar-refractivity contribution in [3.63, 3.8) is 0 Å². The number of hydrogen-bond donors (Lipinski definition) is 3. The first-order valence-corrected chi connectivity index (χ1v) is 9.66. The molecule has 0 aromatic heterocycles. The number of amides is 2. The van der Waals surface area contributed by atoms with E-state index in [1.165, 1.54) is 24.3 Å². The van der Waals surface area contributed by atoms with E-state index in [4.69, 9.17) is 28.6 Å². The Labute approximate surface area is 188 Å². The van der Waals surface area contributed by atoms with Crippen LogP contribution in [0.2, 0.25) is 5.02 Å². The smallest absolute Gasteiger partial charge is 0.276 e. The summed E-state index contributed by atoms with van der Waals surface area (Å²) in [6.07, 6.45) is 2.55. The Bertz CT molecular complexity index is 1030. The van der Waals surface area contributed by atoms with E-state index in [1.54, 1.807) is 18.2 Å². The molecule has 2 aromatic carbocycles. The van der Waals surface area contributed by atoms with Gasteiger partial charge in [0.25, 0.3) is 11.6 Å². The molecule has 0 bridgehead atoms. The number of halogens is 1. The Morgan fingerprint density at radius 1 is 1.19 bits per heavy atom. The summed E-state index contributed by atoms with van der Waals surface area (Å²) < 4.78 is 5.41. The summed E-state index contributed by atoms with van der Waals surface area (Å²) in [4.78, 5) is 34.0. The number of benzene rings is 2. The average Bonchev–Trinajstić information content (AvgIpc) is 2.73. The number of nitrogens with one attached hydrogen (secondary N) is 3. The van der Waals surface area contributed by atoms with E-state index in [0.717, 1.165) is 17.2 Å². The third kappa shape index (κ3) is 7.68. The molecular formula is C20H19ClN4O5S. The zero-order valence-corrected chi connectivity index (χ0v) is 18.2. The fraction of sp³-hybridized carbons (Fsp3) is 0.150. The molecule has 2 amide bonds. The van der Waals surface area contributed by atoms with Crippen LogP contribution in [0.25, 0.3) is 6.08 Å². The predicted octanol–water partition coefficient (Wildman–Crippen LogP) is 2.98. The standard InChI is InChI=1S/C20H19ClN4O5S/c1-12-8-16(9-13(2)19(12)21)30-11-18(27)23-24-20(31)22-17(26)7-6-14-4-3-5-15(10-14)25(28)29/h3-10H,11H2,1-2H3,(H,23,27)(H2,22,24,26,31)/b7-6+. The number of ether oxygens (including phenoxy) is 1. The molecule has 0 fully saturated rings. The molecule has 2 rings (SSSR count). The Balaban J connectivity index is 1.76. The van der Waals surface area contributed by atoms with Crippen LogP contribution < -0.4 is 20.9 Å². The molecule has 0 aliphatic rings. The molecule has 0 spiro atoms. The molecule has 9 nitrogen and oxygen atoms in total. The number of carbonyl (C=O) groups is 2. The van der Waals surface area contributed by atoms with Gasteiger partial charge in [0.05, 0.1) is 4.92 Å². The quantitative estimate of drug-likeness (QED) is 0.261. The molecule has 11 heteroatoms. The van der Waals surface area contributed by atoms with Gasteiger partial charge in [-0.15, -0.1) is 0 Å². The summed E-state index contributed by atoms with van der Waals surface area (Å²) in [6, 6.07) is 9.22. The number of rotatable bonds is 6. The fourth-order valence-electron chi connectivity index (χ4n) is 2.40. The van der Waals surface area contributed by atoms with Crippen LogP contribution in [0.5, 0.6) is 5.75 Å². The van der Waals surface area contributed by atoms with E-state index >= 15 is 0 Å². The number of non-ortho nitro benzene ring substituents is 1. The first-order chi connectivity index (χ1) is 14.7. The van der Waals surface area contributed by atoms with Gasteiger partial charge in [-0.05, 0) is 61.0 Å². The van der Waals surface area contributed by atoms with Crippen molar-refractivity contribution >= 4 is 52.5 Å². The van der Waals surface area contributed by atoms with Gasteiger partial charge in [-0.1, -0.05) is 23.7 Å². The second-order valence-electron chi connectivity index (χ2n) is 6.34. The third-order valence-electron chi connectivity index (χ3n) is 3.84. The molecule has 0 aliphatic heterocycles. The van der Waals surface area contributed by atoms with E-state index in [0.29, 0.717) is 16.3 Å². The highest BCUT2D eigenvalue weighted by molar-refractivity contribution is 7.80. The van der Waals surface area contributed by atoms with Crippen LogP contribution in [0.15, 0.2) is 42.5 Å². The lowest BCUT2D eigenvalue weighted by molar-refractivity contribution is -0.384. The van der Waals surface area contributed by atoms with Crippen LogP contribution in [0.4, 0.5) is 5.69 Å². The van der Waals surface area contributed by atoms with E-state index in [2.05, 4.69) is 16.2 Å². The summed E-state index contributed by atoms with van der Waals surface area (Å²) in [7, 11) is 0. The van der Waals surface area contributed by atoms with Crippen molar-refractivity contribution in [3.05, 3.63) is 74.3 Å². The first-order valence-electron chi connectivity index (χ1n) is 8.87. The Kier molecular flexibility index (Phi) is 8.47. The molecule has 162 valence electrons. The summed E-state index contributed by atoms with van der Waals surface area (Å²) in [5.74, 6) is -0.604. The highest BCUT2D eigenvalue weighted by Gasteiger charge is 2.08. The van der Waals surface area contributed by atoms with Gasteiger partial charge in [-0.2, -0.15) is 0 Å². The van der Waals surface area contributed by atoms with Gasteiger partial charge >= 0.3 is 0 Å². The maximum atomic E-state index is 11.9. The van der Waals surface area contributed by atoms with Crippen molar-refractivity contribution in [2.45, 2.75) is 13.8 Å². The van der Waals surface area contributed by atoms with Crippen molar-refractivity contribution < 1.29 is 19.2 Å². The molecule has 0 unspecified atom stereocenters. The van der Waals surface area contributed by atoms with E-state index in [-0.39, 0.29) is 17.4 Å². The summed E-state index contributed by atoms with van der Waals surface area (Å²) in [5.41, 5.74) is 6.72.